The third kappa shape index (κ3) is 4.23. The lowest BCUT2D eigenvalue weighted by Gasteiger charge is -2.34. The van der Waals surface area contributed by atoms with Crippen LogP contribution in [0.5, 0.6) is 0 Å². The minimum absolute atomic E-state index is 0.0342. The van der Waals surface area contributed by atoms with Gasteiger partial charge in [-0.3, -0.25) is 14.9 Å². The van der Waals surface area contributed by atoms with E-state index in [1.165, 1.54) is 12.5 Å². The van der Waals surface area contributed by atoms with Crippen LogP contribution in [0.15, 0.2) is 48.5 Å². The van der Waals surface area contributed by atoms with Crippen molar-refractivity contribution in [2.75, 3.05) is 24.5 Å². The molecule has 174 valence electrons. The summed E-state index contributed by atoms with van der Waals surface area (Å²) in [6, 6.07) is 14.7. The first-order valence-electron chi connectivity index (χ1n) is 11.8. The molecule has 2 aliphatic rings. The number of benzene rings is 2. The number of anilines is 1. The van der Waals surface area contributed by atoms with Crippen LogP contribution in [0.1, 0.15) is 46.4 Å². The Labute approximate surface area is 198 Å². The summed E-state index contributed by atoms with van der Waals surface area (Å²) in [4.78, 5) is 38.2. The third-order valence-electron chi connectivity index (χ3n) is 6.67. The number of carbonyl (C=O) groups excluding carboxylic acids is 1. The zero-order valence-corrected chi connectivity index (χ0v) is 19.2. The van der Waals surface area contributed by atoms with Crippen molar-refractivity contribution in [2.24, 2.45) is 0 Å². The molecule has 2 aromatic carbocycles. The molecule has 1 amide bonds. The highest BCUT2D eigenvalue weighted by atomic mass is 16.6. The van der Waals surface area contributed by atoms with Crippen LogP contribution in [-0.4, -0.2) is 45.3 Å². The van der Waals surface area contributed by atoms with Crippen LogP contribution in [0.3, 0.4) is 0 Å². The molecule has 0 spiro atoms. The first-order chi connectivity index (χ1) is 16.5. The first-order valence-corrected chi connectivity index (χ1v) is 11.8. The summed E-state index contributed by atoms with van der Waals surface area (Å²) in [6.45, 7) is 4.47. The summed E-state index contributed by atoms with van der Waals surface area (Å²) < 4.78 is 0. The Morgan fingerprint density at radius 2 is 1.76 bits per heavy atom. The van der Waals surface area contributed by atoms with Gasteiger partial charge in [-0.2, -0.15) is 0 Å². The number of fused-ring (bicyclic) bond motifs is 1. The van der Waals surface area contributed by atoms with E-state index in [0.29, 0.717) is 36.5 Å². The summed E-state index contributed by atoms with van der Waals surface area (Å²) in [5.74, 6) is 1.43. The molecule has 3 heterocycles. The van der Waals surface area contributed by atoms with Crippen molar-refractivity contribution in [1.29, 1.82) is 0 Å². The van der Waals surface area contributed by atoms with Crippen LogP contribution < -0.4 is 4.90 Å². The molecule has 34 heavy (non-hydrogen) atoms. The summed E-state index contributed by atoms with van der Waals surface area (Å²) >= 11 is 0. The van der Waals surface area contributed by atoms with Crippen LogP contribution >= 0.6 is 0 Å². The van der Waals surface area contributed by atoms with Gasteiger partial charge >= 0.3 is 0 Å². The summed E-state index contributed by atoms with van der Waals surface area (Å²) in [6.07, 6.45) is 4.08. The lowest BCUT2D eigenvalue weighted by atomic mass is 10.0. The van der Waals surface area contributed by atoms with E-state index < -0.39 is 4.92 Å². The van der Waals surface area contributed by atoms with Gasteiger partial charge in [0, 0.05) is 54.4 Å². The maximum Gasteiger partial charge on any atom is 0.273 e. The average molecular weight is 458 g/mol. The van der Waals surface area contributed by atoms with Gasteiger partial charge in [-0.1, -0.05) is 36.4 Å². The number of piperidine rings is 1. The van der Waals surface area contributed by atoms with Crippen LogP contribution in [0, 0.1) is 17.0 Å². The lowest BCUT2D eigenvalue weighted by molar-refractivity contribution is -0.385. The van der Waals surface area contributed by atoms with Gasteiger partial charge in [0.2, 0.25) is 0 Å². The van der Waals surface area contributed by atoms with Crippen molar-refractivity contribution in [2.45, 2.75) is 39.2 Å². The fourth-order valence-corrected chi connectivity index (χ4v) is 4.78. The van der Waals surface area contributed by atoms with E-state index in [4.69, 9.17) is 9.97 Å². The van der Waals surface area contributed by atoms with Crippen LogP contribution in [0.25, 0.3) is 11.4 Å². The fourth-order valence-electron chi connectivity index (χ4n) is 4.78. The van der Waals surface area contributed by atoms with Gasteiger partial charge < -0.3 is 9.80 Å². The van der Waals surface area contributed by atoms with Crippen LogP contribution in [0.2, 0.25) is 0 Å². The number of hydrogen-bond donors (Lipinski definition) is 0. The van der Waals surface area contributed by atoms with E-state index in [1.807, 2.05) is 30.3 Å². The predicted molar refractivity (Wildman–Crippen MR) is 130 cm³/mol. The topological polar surface area (TPSA) is 92.5 Å². The van der Waals surface area contributed by atoms with Gasteiger partial charge in [0.15, 0.2) is 5.82 Å². The Morgan fingerprint density at radius 1 is 1.00 bits per heavy atom. The molecule has 8 heteroatoms. The van der Waals surface area contributed by atoms with E-state index in [0.717, 1.165) is 48.6 Å². The molecular formula is C26H27N5O3. The molecule has 2 aliphatic heterocycles. The highest BCUT2D eigenvalue weighted by Crippen LogP contribution is 2.32. The molecule has 1 fully saturated rings. The molecule has 3 aromatic rings. The monoisotopic (exact) mass is 457 g/mol. The standard InChI is InChI=1S/C26H27N5O3/c1-18-10-11-20(16-23(18)31(33)34)26(32)30-15-12-22-21(17-30)25(29-13-6-3-7-14-29)28-24(27-22)19-8-4-2-5-9-19/h2,4-5,8-11,16H,3,6-7,12-15,17H2,1H3. The highest BCUT2D eigenvalue weighted by Gasteiger charge is 2.29. The van der Waals surface area contributed by atoms with Crippen molar-refractivity contribution in [3.63, 3.8) is 0 Å². The van der Waals surface area contributed by atoms with E-state index in [9.17, 15) is 14.9 Å². The Hall–Kier alpha value is -3.81. The summed E-state index contributed by atoms with van der Waals surface area (Å²) in [5, 5.41) is 11.4. The number of nitro groups is 1. The van der Waals surface area contributed by atoms with Gasteiger partial charge in [-0.15, -0.1) is 0 Å². The van der Waals surface area contributed by atoms with Crippen LogP contribution in [-0.2, 0) is 13.0 Å². The number of nitro benzene ring substituents is 1. The number of hydrogen-bond acceptors (Lipinski definition) is 6. The average Bonchev–Trinajstić information content (AvgIpc) is 2.88. The summed E-state index contributed by atoms with van der Waals surface area (Å²) in [5.41, 5.74) is 3.79. The van der Waals surface area contributed by atoms with Crippen molar-refractivity contribution in [3.8, 4) is 11.4 Å². The zero-order chi connectivity index (χ0) is 23.7. The Morgan fingerprint density at radius 3 is 2.50 bits per heavy atom. The molecule has 0 bridgehead atoms. The van der Waals surface area contributed by atoms with Crippen molar-refractivity contribution in [1.82, 2.24) is 14.9 Å². The van der Waals surface area contributed by atoms with E-state index in [1.54, 1.807) is 24.0 Å². The SMILES string of the molecule is Cc1ccc(C(=O)N2CCc3nc(-c4ccccc4)nc(N4CCCCC4)c3C2)cc1[N+](=O)[O-]. The predicted octanol–water partition coefficient (Wildman–Crippen LogP) is 4.55. The fraction of sp³-hybridized carbons (Fsp3) is 0.346. The molecular weight excluding hydrogens is 430 g/mol. The van der Waals surface area contributed by atoms with E-state index >= 15 is 0 Å². The molecule has 8 nitrogen and oxygen atoms in total. The minimum Gasteiger partial charge on any atom is -0.356 e. The van der Waals surface area contributed by atoms with Crippen molar-refractivity contribution in [3.05, 3.63) is 81.0 Å². The number of aryl methyl sites for hydroxylation is 1. The third-order valence-corrected chi connectivity index (χ3v) is 6.67. The van der Waals surface area contributed by atoms with Gasteiger partial charge in [0.05, 0.1) is 17.2 Å². The van der Waals surface area contributed by atoms with Crippen molar-refractivity contribution >= 4 is 17.4 Å². The number of carbonyl (C=O) groups is 1. The molecule has 5 rings (SSSR count). The highest BCUT2D eigenvalue weighted by molar-refractivity contribution is 5.95. The van der Waals surface area contributed by atoms with E-state index in [2.05, 4.69) is 4.90 Å². The Balaban J connectivity index is 1.50. The number of nitrogens with zero attached hydrogens (tertiary/aromatic N) is 5. The van der Waals surface area contributed by atoms with Gasteiger partial charge in [-0.05, 0) is 32.3 Å². The smallest absolute Gasteiger partial charge is 0.273 e. The first kappa shape index (κ1) is 22.0. The number of amides is 1. The number of rotatable bonds is 4. The Kier molecular flexibility index (Phi) is 5.96. The normalized spacial score (nSPS) is 15.7. The maximum atomic E-state index is 13.3. The Bertz CT molecular complexity index is 1240. The van der Waals surface area contributed by atoms with Gasteiger partial charge in [0.1, 0.15) is 5.82 Å². The lowest BCUT2D eigenvalue weighted by Crippen LogP contribution is -2.39. The zero-order valence-electron chi connectivity index (χ0n) is 19.2. The number of aromatic nitrogens is 2. The molecule has 1 aromatic heterocycles. The molecule has 0 radical (unpaired) electrons. The molecule has 0 atom stereocenters. The van der Waals surface area contributed by atoms with Crippen LogP contribution in [0.4, 0.5) is 11.5 Å². The van der Waals surface area contributed by atoms with Crippen molar-refractivity contribution < 1.29 is 9.72 Å². The minimum atomic E-state index is -0.439. The van der Waals surface area contributed by atoms with Gasteiger partial charge in [-0.25, -0.2) is 9.97 Å². The van der Waals surface area contributed by atoms with E-state index in [-0.39, 0.29) is 11.6 Å². The van der Waals surface area contributed by atoms with Gasteiger partial charge in [0.25, 0.3) is 11.6 Å². The molecule has 0 unspecified atom stereocenters. The molecule has 0 aliphatic carbocycles. The summed E-state index contributed by atoms with van der Waals surface area (Å²) in [7, 11) is 0. The second-order valence-electron chi connectivity index (χ2n) is 8.94. The second kappa shape index (κ2) is 9.21. The maximum absolute atomic E-state index is 13.3. The second-order valence-corrected chi connectivity index (χ2v) is 8.94. The quantitative estimate of drug-likeness (QED) is 0.422. The molecule has 0 saturated carbocycles. The molecule has 0 N–H and O–H groups in total. The largest absolute Gasteiger partial charge is 0.356 e. The molecule has 1 saturated heterocycles.